The Labute approximate surface area is 129 Å². The number of methoxy groups -OCH3 is 1. The van der Waals surface area contributed by atoms with E-state index < -0.39 is 0 Å². The van der Waals surface area contributed by atoms with Crippen molar-refractivity contribution in [3.05, 3.63) is 59.1 Å². The lowest BCUT2D eigenvalue weighted by atomic mass is 9.83. The fourth-order valence-electron chi connectivity index (χ4n) is 2.79. The summed E-state index contributed by atoms with van der Waals surface area (Å²) in [6.45, 7) is 1.94. The van der Waals surface area contributed by atoms with Crippen molar-refractivity contribution in [2.45, 2.75) is 13.0 Å². The highest BCUT2D eigenvalue weighted by atomic mass is 35.5. The summed E-state index contributed by atoms with van der Waals surface area (Å²) in [5, 5.41) is 0.695. The van der Waals surface area contributed by atoms with E-state index in [2.05, 4.69) is 0 Å². The van der Waals surface area contributed by atoms with Gasteiger partial charge in [-0.1, -0.05) is 36.7 Å². The minimum atomic E-state index is -0.0630. The molecule has 2 aromatic rings. The second kappa shape index (κ2) is 5.41. The van der Waals surface area contributed by atoms with E-state index >= 15 is 0 Å². The van der Waals surface area contributed by atoms with Crippen molar-refractivity contribution in [1.29, 1.82) is 0 Å². The molecule has 1 amide bonds. The Morgan fingerprint density at radius 2 is 1.76 bits per heavy atom. The molecule has 0 aliphatic carbocycles. The van der Waals surface area contributed by atoms with Gasteiger partial charge in [-0.25, -0.2) is 0 Å². The summed E-state index contributed by atoms with van der Waals surface area (Å²) < 4.78 is 5.15. The molecule has 21 heavy (non-hydrogen) atoms. The Kier molecular flexibility index (Phi) is 3.60. The molecule has 0 bridgehead atoms. The first-order valence-electron chi connectivity index (χ1n) is 6.85. The van der Waals surface area contributed by atoms with Crippen molar-refractivity contribution in [2.24, 2.45) is 5.92 Å². The highest BCUT2D eigenvalue weighted by Crippen LogP contribution is 2.45. The van der Waals surface area contributed by atoms with Crippen LogP contribution in [-0.2, 0) is 4.79 Å². The maximum absolute atomic E-state index is 12.3. The summed E-state index contributed by atoms with van der Waals surface area (Å²) in [4.78, 5) is 14.1. The first-order valence-corrected chi connectivity index (χ1v) is 7.23. The normalized spacial score (nSPS) is 21.1. The largest absolute Gasteiger partial charge is 0.497 e. The van der Waals surface area contributed by atoms with Gasteiger partial charge in [-0.2, -0.15) is 0 Å². The van der Waals surface area contributed by atoms with Crippen LogP contribution in [0, 0.1) is 5.92 Å². The Morgan fingerprint density at radius 1 is 1.10 bits per heavy atom. The molecule has 0 spiro atoms. The molecule has 0 radical (unpaired) electrons. The van der Waals surface area contributed by atoms with E-state index in [0.29, 0.717) is 5.02 Å². The van der Waals surface area contributed by atoms with Gasteiger partial charge in [0.2, 0.25) is 5.91 Å². The average molecular weight is 302 g/mol. The third-order valence-electron chi connectivity index (χ3n) is 3.95. The number of ether oxygens (including phenoxy) is 1. The highest BCUT2D eigenvalue weighted by Gasteiger charge is 2.46. The zero-order valence-corrected chi connectivity index (χ0v) is 12.7. The molecule has 4 heteroatoms. The van der Waals surface area contributed by atoms with Gasteiger partial charge in [0.1, 0.15) is 5.75 Å². The predicted octanol–water partition coefficient (Wildman–Crippen LogP) is 4.07. The van der Waals surface area contributed by atoms with E-state index in [1.54, 1.807) is 12.0 Å². The molecule has 3 nitrogen and oxygen atoms in total. The van der Waals surface area contributed by atoms with Crippen LogP contribution in [0.25, 0.3) is 0 Å². The molecule has 2 atom stereocenters. The van der Waals surface area contributed by atoms with Crippen LogP contribution >= 0.6 is 11.6 Å². The predicted molar refractivity (Wildman–Crippen MR) is 83.8 cm³/mol. The van der Waals surface area contributed by atoms with Crippen molar-refractivity contribution in [3.8, 4) is 5.75 Å². The smallest absolute Gasteiger partial charge is 0.232 e. The van der Waals surface area contributed by atoms with E-state index in [0.717, 1.165) is 17.0 Å². The summed E-state index contributed by atoms with van der Waals surface area (Å²) in [6.07, 6.45) is 0. The average Bonchev–Trinajstić information content (AvgIpc) is 2.53. The number of carbonyl (C=O) groups is 1. The fourth-order valence-corrected chi connectivity index (χ4v) is 3.03. The number of hydrogen-bond donors (Lipinski definition) is 0. The molecular formula is C17H16ClNO2. The number of carbonyl (C=O) groups excluding carboxylic acids is 1. The molecule has 1 aliphatic rings. The lowest BCUT2D eigenvalue weighted by molar-refractivity contribution is -0.129. The van der Waals surface area contributed by atoms with Gasteiger partial charge in [-0.3, -0.25) is 4.79 Å². The van der Waals surface area contributed by atoms with Gasteiger partial charge < -0.3 is 9.64 Å². The molecule has 1 fully saturated rings. The van der Waals surface area contributed by atoms with E-state index in [4.69, 9.17) is 16.3 Å². The van der Waals surface area contributed by atoms with Crippen LogP contribution in [0.2, 0.25) is 5.02 Å². The Hall–Kier alpha value is -2.00. The van der Waals surface area contributed by atoms with E-state index in [1.807, 2.05) is 55.5 Å². The molecule has 108 valence electrons. The van der Waals surface area contributed by atoms with Crippen molar-refractivity contribution in [1.82, 2.24) is 0 Å². The second-order valence-corrected chi connectivity index (χ2v) is 5.57. The van der Waals surface area contributed by atoms with Crippen molar-refractivity contribution >= 4 is 23.2 Å². The number of anilines is 1. The second-order valence-electron chi connectivity index (χ2n) is 5.16. The number of halogens is 1. The highest BCUT2D eigenvalue weighted by molar-refractivity contribution is 6.31. The van der Waals surface area contributed by atoms with E-state index in [1.165, 1.54) is 0 Å². The van der Waals surface area contributed by atoms with Crippen LogP contribution in [0.15, 0.2) is 48.5 Å². The number of benzene rings is 2. The Morgan fingerprint density at radius 3 is 2.38 bits per heavy atom. The summed E-state index contributed by atoms with van der Waals surface area (Å²) in [5.74, 6) is 0.825. The molecule has 3 rings (SSSR count). The monoisotopic (exact) mass is 301 g/mol. The van der Waals surface area contributed by atoms with E-state index in [-0.39, 0.29) is 17.9 Å². The van der Waals surface area contributed by atoms with Crippen molar-refractivity contribution < 1.29 is 9.53 Å². The number of hydrogen-bond acceptors (Lipinski definition) is 2. The van der Waals surface area contributed by atoms with Crippen molar-refractivity contribution in [2.75, 3.05) is 12.0 Å². The third kappa shape index (κ3) is 2.28. The first kappa shape index (κ1) is 14.0. The van der Waals surface area contributed by atoms with Crippen LogP contribution < -0.4 is 9.64 Å². The van der Waals surface area contributed by atoms with Gasteiger partial charge in [0, 0.05) is 10.7 Å². The minimum absolute atomic E-state index is 0.0143. The quantitative estimate of drug-likeness (QED) is 0.800. The lowest BCUT2D eigenvalue weighted by Gasteiger charge is -2.46. The molecule has 2 aromatic carbocycles. The van der Waals surface area contributed by atoms with Gasteiger partial charge >= 0.3 is 0 Å². The molecule has 2 unspecified atom stereocenters. The van der Waals surface area contributed by atoms with Crippen LogP contribution in [0.4, 0.5) is 5.69 Å². The lowest BCUT2D eigenvalue weighted by Crippen LogP contribution is -2.54. The molecule has 1 saturated heterocycles. The fraction of sp³-hybridized carbons (Fsp3) is 0.235. The van der Waals surface area contributed by atoms with Crippen LogP contribution in [0.1, 0.15) is 18.5 Å². The van der Waals surface area contributed by atoms with Gasteiger partial charge in [-0.15, -0.1) is 0 Å². The summed E-state index contributed by atoms with van der Waals surface area (Å²) >= 11 is 6.29. The number of β-lactam (4-membered cyclic amide) rings is 1. The standard InChI is InChI=1S/C17H16ClNO2/c1-11-16(14-5-3-4-6-15(14)18)19(17(11)20)12-7-9-13(21-2)10-8-12/h3-11,16H,1-2H3. The molecule has 0 aromatic heterocycles. The maximum Gasteiger partial charge on any atom is 0.232 e. The van der Waals surface area contributed by atoms with Crippen LogP contribution in [-0.4, -0.2) is 13.0 Å². The summed E-state index contributed by atoms with van der Waals surface area (Å²) in [5.41, 5.74) is 1.85. The third-order valence-corrected chi connectivity index (χ3v) is 4.30. The zero-order valence-electron chi connectivity index (χ0n) is 11.9. The van der Waals surface area contributed by atoms with Crippen molar-refractivity contribution in [3.63, 3.8) is 0 Å². The molecular weight excluding hydrogens is 286 g/mol. The minimum Gasteiger partial charge on any atom is -0.497 e. The zero-order chi connectivity index (χ0) is 15.0. The number of rotatable bonds is 3. The molecule has 0 saturated carbocycles. The van der Waals surface area contributed by atoms with Crippen LogP contribution in [0.3, 0.4) is 0 Å². The molecule has 1 heterocycles. The van der Waals surface area contributed by atoms with E-state index in [9.17, 15) is 4.79 Å². The maximum atomic E-state index is 12.3. The number of amides is 1. The van der Waals surface area contributed by atoms with Crippen LogP contribution in [0.5, 0.6) is 5.75 Å². The Balaban J connectivity index is 1.96. The topological polar surface area (TPSA) is 29.5 Å². The molecule has 1 aliphatic heterocycles. The van der Waals surface area contributed by atoms with Gasteiger partial charge in [0.15, 0.2) is 0 Å². The summed E-state index contributed by atoms with van der Waals surface area (Å²) in [6, 6.07) is 15.2. The SMILES string of the molecule is COc1ccc(N2C(=O)C(C)C2c2ccccc2Cl)cc1. The van der Waals surface area contributed by atoms with Gasteiger partial charge in [0.05, 0.1) is 19.1 Å². The Bertz CT molecular complexity index is 669. The summed E-state index contributed by atoms with van der Waals surface area (Å²) in [7, 11) is 1.62. The molecule has 0 N–H and O–H groups in total. The van der Waals surface area contributed by atoms with Gasteiger partial charge in [-0.05, 0) is 35.9 Å². The number of nitrogens with zero attached hydrogens (tertiary/aromatic N) is 1. The first-order chi connectivity index (χ1) is 10.1. The van der Waals surface area contributed by atoms with Gasteiger partial charge in [0.25, 0.3) is 0 Å².